The van der Waals surface area contributed by atoms with Gasteiger partial charge < -0.3 is 0 Å². The zero-order valence-electron chi connectivity index (χ0n) is 8.10. The Morgan fingerprint density at radius 2 is 2.42 bits per heavy atom. The van der Waals surface area contributed by atoms with Gasteiger partial charge in [0.1, 0.15) is 5.78 Å². The van der Waals surface area contributed by atoms with Gasteiger partial charge in [-0.1, -0.05) is 12.5 Å². The summed E-state index contributed by atoms with van der Waals surface area (Å²) in [6.45, 7) is 8.09. The van der Waals surface area contributed by atoms with Crippen LogP contribution in [0.25, 0.3) is 0 Å². The van der Waals surface area contributed by atoms with E-state index in [1.165, 1.54) is 5.57 Å². The molecule has 1 nitrogen and oxygen atoms in total. The van der Waals surface area contributed by atoms with Crippen LogP contribution in [0.5, 0.6) is 0 Å². The number of Topliss-reactive ketones (excluding diaryl/α,β-unsaturated/α-hetero) is 1. The van der Waals surface area contributed by atoms with E-state index >= 15 is 0 Å². The van der Waals surface area contributed by atoms with E-state index in [0.29, 0.717) is 17.6 Å². The molecule has 0 aliphatic heterocycles. The third kappa shape index (κ3) is 2.20. The number of ketones is 1. The standard InChI is InChI=1S/C11H18O/c1-8(2)7-9(3)10-5-4-6-11(10)12/h9-10H,1,4-7H2,2-3H3. The number of carbonyl (C=O) groups is 1. The highest BCUT2D eigenvalue weighted by atomic mass is 16.1. The first-order chi connectivity index (χ1) is 5.61. The molecule has 0 bridgehead atoms. The Morgan fingerprint density at radius 3 is 2.83 bits per heavy atom. The molecule has 1 heteroatoms. The second kappa shape index (κ2) is 3.88. The van der Waals surface area contributed by atoms with Crippen LogP contribution in [-0.2, 0) is 4.79 Å². The molecule has 1 fully saturated rings. The molecule has 0 aromatic rings. The van der Waals surface area contributed by atoms with Crippen molar-refractivity contribution in [3.8, 4) is 0 Å². The minimum absolute atomic E-state index is 0.335. The smallest absolute Gasteiger partial charge is 0.136 e. The van der Waals surface area contributed by atoms with Crippen LogP contribution >= 0.6 is 0 Å². The molecule has 12 heavy (non-hydrogen) atoms. The lowest BCUT2D eigenvalue weighted by Gasteiger charge is -2.17. The van der Waals surface area contributed by atoms with Crippen molar-refractivity contribution in [2.24, 2.45) is 11.8 Å². The van der Waals surface area contributed by atoms with Gasteiger partial charge in [-0.15, -0.1) is 6.58 Å². The van der Waals surface area contributed by atoms with Gasteiger partial charge in [-0.3, -0.25) is 4.79 Å². The molecule has 2 atom stereocenters. The van der Waals surface area contributed by atoms with Crippen LogP contribution in [0, 0.1) is 11.8 Å². The lowest BCUT2D eigenvalue weighted by Crippen LogP contribution is -2.16. The zero-order chi connectivity index (χ0) is 9.14. The first-order valence-electron chi connectivity index (χ1n) is 4.78. The Bertz CT molecular complexity index is 193. The molecular weight excluding hydrogens is 148 g/mol. The van der Waals surface area contributed by atoms with Gasteiger partial charge in [0, 0.05) is 12.3 Å². The summed E-state index contributed by atoms with van der Waals surface area (Å²) in [5.41, 5.74) is 1.20. The Hall–Kier alpha value is -0.590. The van der Waals surface area contributed by atoms with Crippen molar-refractivity contribution >= 4 is 5.78 Å². The van der Waals surface area contributed by atoms with Crippen LogP contribution in [0.1, 0.15) is 39.5 Å². The summed E-state index contributed by atoms with van der Waals surface area (Å²) >= 11 is 0. The highest BCUT2D eigenvalue weighted by molar-refractivity contribution is 5.83. The fraction of sp³-hybridized carbons (Fsp3) is 0.727. The maximum Gasteiger partial charge on any atom is 0.136 e. The van der Waals surface area contributed by atoms with E-state index in [1.54, 1.807) is 0 Å². The Kier molecular flexibility index (Phi) is 3.07. The SMILES string of the molecule is C=C(C)CC(C)C1CCCC1=O. The number of carbonyl (C=O) groups excluding carboxylic acids is 1. The van der Waals surface area contributed by atoms with Crippen molar-refractivity contribution in [2.75, 3.05) is 0 Å². The van der Waals surface area contributed by atoms with E-state index < -0.39 is 0 Å². The average molecular weight is 166 g/mol. The second-order valence-electron chi connectivity index (χ2n) is 4.10. The summed E-state index contributed by atoms with van der Waals surface area (Å²) in [5.74, 6) is 1.32. The third-order valence-corrected chi connectivity index (χ3v) is 2.71. The van der Waals surface area contributed by atoms with Crippen molar-refractivity contribution < 1.29 is 4.79 Å². The van der Waals surface area contributed by atoms with Crippen LogP contribution in [-0.4, -0.2) is 5.78 Å². The van der Waals surface area contributed by atoms with Crippen LogP contribution in [0.3, 0.4) is 0 Å². The molecule has 0 heterocycles. The topological polar surface area (TPSA) is 17.1 Å². The van der Waals surface area contributed by atoms with Gasteiger partial charge in [-0.05, 0) is 32.1 Å². The second-order valence-corrected chi connectivity index (χ2v) is 4.10. The monoisotopic (exact) mass is 166 g/mol. The number of hydrogen-bond donors (Lipinski definition) is 0. The molecule has 0 spiro atoms. The fourth-order valence-corrected chi connectivity index (χ4v) is 2.14. The highest BCUT2D eigenvalue weighted by Gasteiger charge is 2.28. The van der Waals surface area contributed by atoms with Crippen molar-refractivity contribution in [3.05, 3.63) is 12.2 Å². The van der Waals surface area contributed by atoms with Gasteiger partial charge in [-0.25, -0.2) is 0 Å². The van der Waals surface area contributed by atoms with Crippen molar-refractivity contribution in [1.29, 1.82) is 0 Å². The largest absolute Gasteiger partial charge is 0.299 e. The summed E-state index contributed by atoms with van der Waals surface area (Å²) < 4.78 is 0. The predicted molar refractivity (Wildman–Crippen MR) is 50.9 cm³/mol. The molecule has 0 N–H and O–H groups in total. The predicted octanol–water partition coefficient (Wildman–Crippen LogP) is 2.96. The van der Waals surface area contributed by atoms with E-state index in [1.807, 2.05) is 6.92 Å². The Morgan fingerprint density at radius 1 is 1.75 bits per heavy atom. The average Bonchev–Trinajstić information content (AvgIpc) is 2.33. The highest BCUT2D eigenvalue weighted by Crippen LogP contribution is 2.31. The normalized spacial score (nSPS) is 25.8. The number of hydrogen-bond acceptors (Lipinski definition) is 1. The molecule has 2 unspecified atom stereocenters. The molecule has 1 rings (SSSR count). The fourth-order valence-electron chi connectivity index (χ4n) is 2.14. The molecule has 1 aliphatic rings. The van der Waals surface area contributed by atoms with Gasteiger partial charge in [0.25, 0.3) is 0 Å². The number of rotatable bonds is 3. The van der Waals surface area contributed by atoms with Crippen molar-refractivity contribution in [3.63, 3.8) is 0 Å². The zero-order valence-corrected chi connectivity index (χ0v) is 8.10. The van der Waals surface area contributed by atoms with Crippen molar-refractivity contribution in [2.45, 2.75) is 39.5 Å². The van der Waals surface area contributed by atoms with Gasteiger partial charge >= 0.3 is 0 Å². The molecule has 0 aromatic carbocycles. The maximum atomic E-state index is 11.4. The van der Waals surface area contributed by atoms with E-state index in [4.69, 9.17) is 0 Å². The van der Waals surface area contributed by atoms with Gasteiger partial charge in [0.05, 0.1) is 0 Å². The summed E-state index contributed by atoms with van der Waals surface area (Å²) in [6.07, 6.45) is 4.03. The van der Waals surface area contributed by atoms with Crippen LogP contribution in [0.4, 0.5) is 0 Å². The van der Waals surface area contributed by atoms with Gasteiger partial charge in [0.15, 0.2) is 0 Å². The molecule has 68 valence electrons. The van der Waals surface area contributed by atoms with E-state index in [0.717, 1.165) is 25.7 Å². The van der Waals surface area contributed by atoms with Gasteiger partial charge in [0.2, 0.25) is 0 Å². The van der Waals surface area contributed by atoms with E-state index in [9.17, 15) is 4.79 Å². The molecule has 0 radical (unpaired) electrons. The first kappa shape index (κ1) is 9.50. The van der Waals surface area contributed by atoms with Gasteiger partial charge in [-0.2, -0.15) is 0 Å². The lowest BCUT2D eigenvalue weighted by molar-refractivity contribution is -0.121. The first-order valence-corrected chi connectivity index (χ1v) is 4.78. The summed E-state index contributed by atoms with van der Waals surface area (Å²) in [4.78, 5) is 11.4. The van der Waals surface area contributed by atoms with E-state index in [-0.39, 0.29) is 0 Å². The van der Waals surface area contributed by atoms with Crippen LogP contribution < -0.4 is 0 Å². The Labute approximate surface area is 74.9 Å². The molecule has 0 saturated heterocycles. The van der Waals surface area contributed by atoms with Crippen LogP contribution in [0.15, 0.2) is 12.2 Å². The Balaban J connectivity index is 2.45. The van der Waals surface area contributed by atoms with E-state index in [2.05, 4.69) is 13.5 Å². The third-order valence-electron chi connectivity index (χ3n) is 2.71. The molecule has 0 amide bonds. The summed E-state index contributed by atoms with van der Waals surface area (Å²) in [6, 6.07) is 0. The maximum absolute atomic E-state index is 11.4. The molecule has 1 saturated carbocycles. The molecule has 0 aromatic heterocycles. The molecule has 1 aliphatic carbocycles. The van der Waals surface area contributed by atoms with Crippen LogP contribution in [0.2, 0.25) is 0 Å². The number of allylic oxidation sites excluding steroid dienone is 1. The lowest BCUT2D eigenvalue weighted by atomic mass is 9.87. The minimum Gasteiger partial charge on any atom is -0.299 e. The quantitative estimate of drug-likeness (QED) is 0.589. The summed E-state index contributed by atoms with van der Waals surface area (Å²) in [5, 5.41) is 0. The molecular formula is C11H18O. The summed E-state index contributed by atoms with van der Waals surface area (Å²) in [7, 11) is 0. The van der Waals surface area contributed by atoms with Crippen molar-refractivity contribution in [1.82, 2.24) is 0 Å². The minimum atomic E-state index is 0.335.